The number of piperazine rings is 3. The Balaban J connectivity index is 0.000000125. The van der Waals surface area contributed by atoms with Crippen LogP contribution < -0.4 is 63.0 Å². The van der Waals surface area contributed by atoms with Crippen LogP contribution in [0.2, 0.25) is 10.3 Å². The summed E-state index contributed by atoms with van der Waals surface area (Å²) in [5.74, 6) is 2.45. The summed E-state index contributed by atoms with van der Waals surface area (Å²) in [6.07, 6.45) is 28.1. The maximum atomic E-state index is 13.3. The molecule has 11 aromatic heterocycles. The van der Waals surface area contributed by atoms with Crippen molar-refractivity contribution < 1.29 is 37.9 Å². The number of nitrogens with one attached hydrogen (secondary N) is 4. The summed E-state index contributed by atoms with van der Waals surface area (Å²) in [6.45, 7) is 34.5. The minimum atomic E-state index is -0.547. The van der Waals surface area contributed by atoms with E-state index in [9.17, 15) is 28.8 Å². The van der Waals surface area contributed by atoms with Crippen LogP contribution in [-0.4, -0.2) is 253 Å². The van der Waals surface area contributed by atoms with Crippen molar-refractivity contribution in [3.8, 4) is 22.3 Å². The fraction of sp³-hybridized carbons (Fsp3) is 0.456. The van der Waals surface area contributed by atoms with Crippen LogP contribution in [0.1, 0.15) is 139 Å². The van der Waals surface area contributed by atoms with Gasteiger partial charge in [0, 0.05) is 212 Å². The number of aromatic nitrogens is 11. The minimum absolute atomic E-state index is 0.120. The van der Waals surface area contributed by atoms with Crippen LogP contribution in [-0.2, 0) is 96.5 Å². The van der Waals surface area contributed by atoms with Gasteiger partial charge in [0.05, 0.1) is 128 Å². The van der Waals surface area contributed by atoms with E-state index in [1.54, 1.807) is 90.6 Å². The maximum absolute atomic E-state index is 13.3. The Hall–Kier alpha value is -11.3. The molecule has 140 heavy (non-hydrogen) atoms. The summed E-state index contributed by atoms with van der Waals surface area (Å²) < 4.78 is 38.7. The summed E-state index contributed by atoms with van der Waals surface area (Å²) in [6, 6.07) is 30.0. The number of rotatable bonds is 19. The highest BCUT2D eigenvalue weighted by Crippen LogP contribution is 2.40. The van der Waals surface area contributed by atoms with E-state index in [2.05, 4.69) is 151 Å². The molecule has 0 spiro atoms. The SMILES string of the molecule is C[C@H]1CN(C2COC2)CCN1c1ccc(Nc2cc(-c3ccnc(Cl)c3C=O)cn(C)c2=O)nc1.C[C@H]1CN(C2COC2)CCN1c1ccc(Nc2cc(-c3ccnc(N4CCn5c(cc6c5CCCC6)C4)c3C=O)cn(C)c2=O)nc1.C[C@H]1CN(C2COC2)CCN1c1ccc(Nc2cc(B3OC(C)(C)C(C)(C)O3)cn(C)c2=O)nc1.O=Cc1c(Br)ccnc1Cl.c1c2c(n3c1CNCC3)CCCC2. The first-order valence-electron chi connectivity index (χ1n) is 48.7. The van der Waals surface area contributed by atoms with Crippen molar-refractivity contribution in [2.24, 2.45) is 21.1 Å². The second-order valence-electron chi connectivity index (χ2n) is 39.1. The maximum Gasteiger partial charge on any atom is 0.496 e. The monoisotopic (exact) mass is 2000 g/mol. The number of pyridine rings is 9. The molecule has 2 aliphatic carbocycles. The Kier molecular flexibility index (Phi) is 30.5. The molecule has 0 amide bonds. The number of hydrogen-bond acceptors (Lipinski definition) is 28. The zero-order valence-corrected chi connectivity index (χ0v) is 84.3. The lowest BCUT2D eigenvalue weighted by molar-refractivity contribution is -0.0691. The molecule has 37 heteroatoms. The fourth-order valence-electron chi connectivity index (χ4n) is 20.5. The molecule has 7 fully saturated rings. The number of aryl methyl sites for hydroxylation is 5. The number of nitrogens with zero attached hydrogens (tertiary/aromatic N) is 18. The number of fused-ring (bicyclic) bond motifs is 6. The largest absolute Gasteiger partial charge is 0.496 e. The standard InChI is InChI=1S/C36H42N8O3.C25H36BN5O4.C25H27ClN6O3.C11H16N2.C6H3BrClNO/c1-24-18-41(29-22-47-23-29)11-13-43(24)27-7-8-34(38-17-27)39-32-16-26(19-40(2)36(32)46)30-9-10-37-35(31(30)21-45)42-12-14-44-28(20-42)15-25-5-3-4-6-33(25)44;1-17-13-30(20-15-33-16-20)9-10-31(17)19-7-8-22(27-12-19)28-21-11-18(14-29(6)23(21)32)26-34-24(2,3)25(4,5)35-26;1-16-11-31(19-14-35-15-19)7-8-32(16)18-3-4-23(28-10-18)29-22-9-17(12-30(2)25(22)34)20-5-6-27-24(26)21(20)13-33;1-2-4-11-9(3-1)7-10-8-12-5-6-13(10)11;7-5-1-2-9-6(8)4(5)3-10/h7-10,15-17,19,21,24,29H,3-6,11-14,18,20,22-23H2,1-2H3,(H,38,39);7-8,11-12,14,17,20H,9-10,13,15-16H2,1-6H3,(H,27,28);3-6,9-10,12-13,16,19H,7-8,11,14-15H2,1-2H3,(H,28,29);7,12H,1-6,8H2;1-3H/t24-;17-;16-;;/m000../s1. The van der Waals surface area contributed by atoms with Gasteiger partial charge in [0.15, 0.2) is 18.9 Å². The Labute approximate surface area is 834 Å². The van der Waals surface area contributed by atoms with E-state index >= 15 is 0 Å². The number of halogens is 3. The molecule has 0 aromatic carbocycles. The van der Waals surface area contributed by atoms with Crippen LogP contribution in [0.25, 0.3) is 22.3 Å². The van der Waals surface area contributed by atoms with Gasteiger partial charge >= 0.3 is 7.12 Å². The van der Waals surface area contributed by atoms with Gasteiger partial charge < -0.3 is 87.2 Å². The number of carbonyl (C=O) groups is 3. The third-order valence-electron chi connectivity index (χ3n) is 29.3. The van der Waals surface area contributed by atoms with Gasteiger partial charge in [0.25, 0.3) is 16.7 Å². The van der Waals surface area contributed by atoms with Crippen molar-refractivity contribution >= 4 is 128 Å². The lowest BCUT2D eigenvalue weighted by Gasteiger charge is -2.46. The van der Waals surface area contributed by atoms with E-state index in [4.69, 9.17) is 51.7 Å². The zero-order chi connectivity index (χ0) is 97.8. The molecule has 7 saturated heterocycles. The van der Waals surface area contributed by atoms with Gasteiger partial charge in [-0.05, 0) is 223 Å². The predicted molar refractivity (Wildman–Crippen MR) is 552 cm³/mol. The molecule has 0 saturated carbocycles. The highest BCUT2D eigenvalue weighted by molar-refractivity contribution is 9.10. The second kappa shape index (κ2) is 43.2. The van der Waals surface area contributed by atoms with Crippen molar-refractivity contribution in [1.29, 1.82) is 0 Å². The number of carbonyl (C=O) groups excluding carboxylic acids is 3. The van der Waals surface area contributed by atoms with Crippen LogP contribution >= 0.6 is 39.1 Å². The molecule has 0 radical (unpaired) electrons. The third kappa shape index (κ3) is 21.6. The van der Waals surface area contributed by atoms with E-state index in [0.29, 0.717) is 116 Å². The molecule has 22 rings (SSSR count). The van der Waals surface area contributed by atoms with E-state index in [1.165, 1.54) is 84.7 Å². The van der Waals surface area contributed by atoms with E-state index in [1.807, 2.05) is 82.7 Å². The highest BCUT2D eigenvalue weighted by Gasteiger charge is 2.52. The van der Waals surface area contributed by atoms with Crippen LogP contribution in [0.4, 0.5) is 57.4 Å². The first kappa shape index (κ1) is 98.9. The summed E-state index contributed by atoms with van der Waals surface area (Å²) in [5.41, 5.74) is 16.8. The summed E-state index contributed by atoms with van der Waals surface area (Å²) >= 11 is 14.8. The topological polar surface area (TPSA) is 321 Å². The summed E-state index contributed by atoms with van der Waals surface area (Å²) in [5, 5.41) is 13.4. The smallest absolute Gasteiger partial charge is 0.399 e. The third-order valence-corrected chi connectivity index (χ3v) is 30.6. The number of ether oxygens (including phenoxy) is 3. The van der Waals surface area contributed by atoms with Crippen molar-refractivity contribution in [3.05, 3.63) is 237 Å². The molecular formula is C103H124BBrCl2N22O11. The molecule has 736 valence electrons. The first-order chi connectivity index (χ1) is 67.6. The Morgan fingerprint density at radius 1 is 0.464 bits per heavy atom. The van der Waals surface area contributed by atoms with Crippen molar-refractivity contribution in [2.75, 3.05) is 147 Å². The molecule has 33 nitrogen and oxygen atoms in total. The molecule has 11 aliphatic rings. The van der Waals surface area contributed by atoms with Crippen molar-refractivity contribution in [3.63, 3.8) is 0 Å². The number of aldehydes is 3. The normalized spacial score (nSPS) is 20.1. The van der Waals surface area contributed by atoms with Gasteiger partial charge in [0.1, 0.15) is 50.6 Å². The second-order valence-corrected chi connectivity index (χ2v) is 40.7. The quantitative estimate of drug-likeness (QED) is 0.0332. The molecule has 9 aliphatic heterocycles. The van der Waals surface area contributed by atoms with Crippen LogP contribution in [0, 0.1) is 0 Å². The first-order valence-corrected chi connectivity index (χ1v) is 50.3. The number of hydrogen-bond donors (Lipinski definition) is 4. The Morgan fingerprint density at radius 2 is 0.879 bits per heavy atom. The van der Waals surface area contributed by atoms with Gasteiger partial charge in [-0.1, -0.05) is 23.2 Å². The fourth-order valence-corrected chi connectivity index (χ4v) is 21.5. The lowest BCUT2D eigenvalue weighted by Crippen LogP contribution is -2.59. The highest BCUT2D eigenvalue weighted by atomic mass is 79.9. The summed E-state index contributed by atoms with van der Waals surface area (Å²) in [4.78, 5) is 117. The molecule has 0 bridgehead atoms. The van der Waals surface area contributed by atoms with Gasteiger partial charge in [0.2, 0.25) is 0 Å². The van der Waals surface area contributed by atoms with Gasteiger partial charge in [-0.3, -0.25) is 43.5 Å². The van der Waals surface area contributed by atoms with Gasteiger partial charge in [-0.15, -0.1) is 0 Å². The molecule has 3 atom stereocenters. The average molecular weight is 2010 g/mol. The van der Waals surface area contributed by atoms with Crippen LogP contribution in [0.15, 0.2) is 160 Å². The number of anilines is 10. The lowest BCUT2D eigenvalue weighted by atomic mass is 9.80. The predicted octanol–water partition coefficient (Wildman–Crippen LogP) is 12.5. The van der Waals surface area contributed by atoms with E-state index < -0.39 is 18.3 Å². The molecule has 4 N–H and O–H groups in total. The molecule has 20 heterocycles. The molecular weight excluding hydrogens is 1880 g/mol. The Morgan fingerprint density at radius 3 is 1.30 bits per heavy atom. The van der Waals surface area contributed by atoms with Crippen molar-refractivity contribution in [2.45, 2.75) is 173 Å². The summed E-state index contributed by atoms with van der Waals surface area (Å²) in [7, 11) is 4.57. The van der Waals surface area contributed by atoms with Crippen LogP contribution in [0.3, 0.4) is 0 Å². The van der Waals surface area contributed by atoms with Gasteiger partial charge in [-0.2, -0.15) is 0 Å². The minimum Gasteiger partial charge on any atom is -0.399 e. The van der Waals surface area contributed by atoms with Gasteiger partial charge in [-0.25, -0.2) is 29.9 Å². The molecule has 11 aromatic rings. The zero-order valence-electron chi connectivity index (χ0n) is 81.2. The average Bonchev–Trinajstić information content (AvgIpc) is 1.48. The Bertz CT molecular complexity index is 6440. The van der Waals surface area contributed by atoms with Crippen molar-refractivity contribution in [1.82, 2.24) is 72.8 Å². The van der Waals surface area contributed by atoms with Crippen LogP contribution in [0.5, 0.6) is 0 Å². The molecule has 0 unspecified atom stereocenters. The van der Waals surface area contributed by atoms with E-state index in [-0.39, 0.29) is 32.5 Å². The van der Waals surface area contributed by atoms with E-state index in [0.717, 1.165) is 184 Å².